The molecule has 0 amide bonds. The van der Waals surface area contributed by atoms with Crippen LogP contribution < -0.4 is 10.2 Å². The van der Waals surface area contributed by atoms with E-state index in [1.807, 2.05) is 6.92 Å². The van der Waals surface area contributed by atoms with Gasteiger partial charge in [-0.2, -0.15) is 4.98 Å². The minimum Gasteiger partial charge on any atom is -0.394 e. The Hall–Kier alpha value is -2.14. The van der Waals surface area contributed by atoms with Crippen molar-refractivity contribution < 1.29 is 5.11 Å². The first kappa shape index (κ1) is 16.1. The minimum absolute atomic E-state index is 0.0455. The van der Waals surface area contributed by atoms with Gasteiger partial charge in [0.05, 0.1) is 18.3 Å². The first-order valence-corrected chi connectivity index (χ1v) is 9.84. The highest BCUT2D eigenvalue weighted by Gasteiger charge is 2.39. The number of hydrogen-bond donors (Lipinski definition) is 2. The molecule has 0 radical (unpaired) electrons. The van der Waals surface area contributed by atoms with E-state index >= 15 is 0 Å². The molecule has 5 nitrogen and oxygen atoms in total. The van der Waals surface area contributed by atoms with Crippen molar-refractivity contribution in [1.82, 2.24) is 9.97 Å². The second-order valence-corrected chi connectivity index (χ2v) is 8.05. The molecule has 0 unspecified atom stereocenters. The fourth-order valence-corrected chi connectivity index (χ4v) is 4.51. The van der Waals surface area contributed by atoms with Gasteiger partial charge >= 0.3 is 0 Å². The van der Waals surface area contributed by atoms with Crippen LogP contribution in [0.2, 0.25) is 0 Å². The number of aromatic nitrogens is 2. The zero-order valence-corrected chi connectivity index (χ0v) is 15.2. The van der Waals surface area contributed by atoms with Gasteiger partial charge in [-0.1, -0.05) is 24.3 Å². The number of piperidine rings is 1. The molecule has 1 aromatic heterocycles. The van der Waals surface area contributed by atoms with Gasteiger partial charge in [0.1, 0.15) is 5.82 Å². The van der Waals surface area contributed by atoms with E-state index in [1.165, 1.54) is 36.8 Å². The Balaban J connectivity index is 1.52. The maximum Gasteiger partial charge on any atom is 0.225 e. The van der Waals surface area contributed by atoms with Crippen molar-refractivity contribution in [2.75, 3.05) is 23.4 Å². The molecule has 1 aromatic carbocycles. The van der Waals surface area contributed by atoms with E-state index in [0.29, 0.717) is 23.8 Å². The Morgan fingerprint density at radius 1 is 1.12 bits per heavy atom. The zero-order valence-electron chi connectivity index (χ0n) is 15.2. The van der Waals surface area contributed by atoms with Crippen LogP contribution in [0.15, 0.2) is 30.3 Å². The summed E-state index contributed by atoms with van der Waals surface area (Å²) >= 11 is 0. The fraction of sp³-hybridized carbons (Fsp3) is 0.524. The quantitative estimate of drug-likeness (QED) is 0.863. The average molecular weight is 350 g/mol. The first-order chi connectivity index (χ1) is 12.7. The molecular weight excluding hydrogens is 324 g/mol. The van der Waals surface area contributed by atoms with E-state index in [9.17, 15) is 5.11 Å². The molecule has 5 heteroatoms. The Kier molecular flexibility index (Phi) is 3.85. The van der Waals surface area contributed by atoms with Gasteiger partial charge in [0.25, 0.3) is 0 Å². The molecule has 2 aromatic rings. The monoisotopic (exact) mass is 350 g/mol. The number of anilines is 2. The summed E-state index contributed by atoms with van der Waals surface area (Å²) in [7, 11) is 0. The Morgan fingerprint density at radius 3 is 2.65 bits per heavy atom. The van der Waals surface area contributed by atoms with Crippen molar-refractivity contribution >= 4 is 11.8 Å². The van der Waals surface area contributed by atoms with Crippen molar-refractivity contribution in [1.29, 1.82) is 0 Å². The van der Waals surface area contributed by atoms with E-state index in [4.69, 9.17) is 9.97 Å². The van der Waals surface area contributed by atoms with E-state index in [2.05, 4.69) is 40.5 Å². The van der Waals surface area contributed by atoms with Gasteiger partial charge in [-0.15, -0.1) is 0 Å². The van der Waals surface area contributed by atoms with E-state index in [0.717, 1.165) is 18.1 Å². The zero-order chi connectivity index (χ0) is 17.7. The predicted octanol–water partition coefficient (Wildman–Crippen LogP) is 3.59. The highest BCUT2D eigenvalue weighted by Crippen LogP contribution is 2.48. The molecule has 0 spiro atoms. The average Bonchev–Trinajstić information content (AvgIpc) is 3.53. The van der Waals surface area contributed by atoms with Crippen LogP contribution in [0.1, 0.15) is 67.3 Å². The van der Waals surface area contributed by atoms with Crippen LogP contribution in [0, 0.1) is 0 Å². The van der Waals surface area contributed by atoms with Crippen molar-refractivity contribution in [3.8, 4) is 0 Å². The van der Waals surface area contributed by atoms with Gasteiger partial charge in [-0.3, -0.25) is 0 Å². The maximum absolute atomic E-state index is 9.37. The Labute approximate surface area is 154 Å². The Bertz CT molecular complexity index is 819. The largest absolute Gasteiger partial charge is 0.394 e. The van der Waals surface area contributed by atoms with E-state index in [-0.39, 0.29) is 12.6 Å². The number of hydrogen-bond acceptors (Lipinski definition) is 5. The lowest BCUT2D eigenvalue weighted by Gasteiger charge is -2.47. The molecule has 1 saturated heterocycles. The van der Waals surface area contributed by atoms with Gasteiger partial charge < -0.3 is 15.3 Å². The van der Waals surface area contributed by atoms with Crippen LogP contribution in [0.25, 0.3) is 0 Å². The highest BCUT2D eigenvalue weighted by atomic mass is 16.3. The van der Waals surface area contributed by atoms with Crippen molar-refractivity contribution in [2.45, 2.75) is 56.5 Å². The molecule has 136 valence electrons. The van der Waals surface area contributed by atoms with Crippen LogP contribution in [-0.4, -0.2) is 34.3 Å². The van der Waals surface area contributed by atoms with Gasteiger partial charge in [-0.05, 0) is 43.7 Å². The molecule has 2 aliphatic carbocycles. The second-order valence-electron chi connectivity index (χ2n) is 8.05. The highest BCUT2D eigenvalue weighted by molar-refractivity contribution is 5.54. The number of fused-ring (bicyclic) bond motifs is 2. The van der Waals surface area contributed by atoms with Crippen LogP contribution >= 0.6 is 0 Å². The lowest BCUT2D eigenvalue weighted by molar-refractivity contribution is 0.281. The van der Waals surface area contributed by atoms with Crippen molar-refractivity contribution in [3.05, 3.63) is 47.2 Å². The van der Waals surface area contributed by atoms with Crippen LogP contribution in [0.4, 0.5) is 11.8 Å². The molecule has 2 N–H and O–H groups in total. The summed E-state index contributed by atoms with van der Waals surface area (Å²) in [4.78, 5) is 12.0. The van der Waals surface area contributed by atoms with Crippen LogP contribution in [-0.2, 0) is 0 Å². The predicted molar refractivity (Wildman–Crippen MR) is 103 cm³/mol. The molecule has 6 rings (SSSR count). The standard InChI is InChI=1S/C21H26N4O/c1-13(12-26)22-21-23-18(14-6-7-14)10-20(24-21)25-11-15-8-9-19(25)17-5-3-2-4-16(15)17/h2-5,10,13-15,19,26H,6-9,11-12H2,1H3,(H,22,23,24)/t13-,15-,19+/m1/s1. The molecular formula is C21H26N4O. The molecule has 26 heavy (non-hydrogen) atoms. The van der Waals surface area contributed by atoms with Gasteiger partial charge in [0, 0.05) is 30.5 Å². The fourth-order valence-electron chi connectivity index (χ4n) is 4.51. The number of aliphatic hydroxyl groups is 1. The van der Waals surface area contributed by atoms with Crippen LogP contribution in [0.5, 0.6) is 0 Å². The summed E-state index contributed by atoms with van der Waals surface area (Å²) in [6.07, 6.45) is 4.91. The summed E-state index contributed by atoms with van der Waals surface area (Å²) < 4.78 is 0. The number of benzene rings is 1. The molecule has 4 aliphatic rings. The minimum atomic E-state index is -0.0455. The van der Waals surface area contributed by atoms with E-state index < -0.39 is 0 Å². The number of aliphatic hydroxyl groups excluding tert-OH is 1. The van der Waals surface area contributed by atoms with Crippen molar-refractivity contribution in [2.24, 2.45) is 0 Å². The first-order valence-electron chi connectivity index (χ1n) is 9.84. The smallest absolute Gasteiger partial charge is 0.225 e. The molecule has 1 saturated carbocycles. The normalized spacial score (nSPS) is 25.1. The summed E-state index contributed by atoms with van der Waals surface area (Å²) in [5.74, 6) is 2.87. The molecule has 3 heterocycles. The number of rotatable bonds is 5. The lowest BCUT2D eigenvalue weighted by Crippen LogP contribution is -2.43. The third kappa shape index (κ3) is 2.75. The Morgan fingerprint density at radius 2 is 1.88 bits per heavy atom. The van der Waals surface area contributed by atoms with Gasteiger partial charge in [0.15, 0.2) is 0 Å². The summed E-state index contributed by atoms with van der Waals surface area (Å²) in [5, 5.41) is 12.6. The third-order valence-corrected chi connectivity index (χ3v) is 6.05. The summed E-state index contributed by atoms with van der Waals surface area (Å²) in [6, 6.07) is 11.5. The van der Waals surface area contributed by atoms with Crippen LogP contribution in [0.3, 0.4) is 0 Å². The second kappa shape index (κ2) is 6.23. The van der Waals surface area contributed by atoms with E-state index in [1.54, 1.807) is 0 Å². The lowest BCUT2D eigenvalue weighted by atomic mass is 9.75. The molecule has 2 bridgehead atoms. The number of nitrogens with one attached hydrogen (secondary N) is 1. The summed E-state index contributed by atoms with van der Waals surface area (Å²) in [6.45, 7) is 3.07. The molecule has 3 atom stereocenters. The maximum atomic E-state index is 9.37. The topological polar surface area (TPSA) is 61.3 Å². The SMILES string of the molecule is C[C@H](CO)Nc1nc(C2CC2)cc(N2C[C@H]3CC[C@H]2c2ccccc23)n1. The molecule has 2 aliphatic heterocycles. The number of nitrogens with zero attached hydrogens (tertiary/aromatic N) is 3. The summed E-state index contributed by atoms with van der Waals surface area (Å²) in [5.41, 5.74) is 4.15. The van der Waals surface area contributed by atoms with Crippen molar-refractivity contribution in [3.63, 3.8) is 0 Å². The van der Waals surface area contributed by atoms with Gasteiger partial charge in [-0.25, -0.2) is 4.98 Å². The molecule has 2 fully saturated rings. The van der Waals surface area contributed by atoms with Gasteiger partial charge in [0.2, 0.25) is 5.95 Å². The third-order valence-electron chi connectivity index (χ3n) is 6.05.